The Hall–Kier alpha value is -0.920. The van der Waals surface area contributed by atoms with Crippen molar-refractivity contribution < 1.29 is 21.9 Å². The molecule has 7 heteroatoms. The average molecular weight is 250 g/mol. The summed E-state index contributed by atoms with van der Waals surface area (Å²) in [6.07, 6.45) is 0.411. The van der Waals surface area contributed by atoms with E-state index in [1.54, 1.807) is 0 Å². The van der Waals surface area contributed by atoms with Crippen LogP contribution < -0.4 is 4.72 Å². The molecule has 16 heavy (non-hydrogen) atoms. The molecule has 0 fully saturated rings. The van der Waals surface area contributed by atoms with Crippen molar-refractivity contribution in [3.05, 3.63) is 34.6 Å². The number of fused-ring (bicyclic) bond motifs is 1. The van der Waals surface area contributed by atoms with Crippen molar-refractivity contribution >= 4 is 11.3 Å². The van der Waals surface area contributed by atoms with Gasteiger partial charge in [0.05, 0.1) is 0 Å². The second-order valence-electron chi connectivity index (χ2n) is 3.49. The predicted molar refractivity (Wildman–Crippen MR) is 49.4 cm³/mol. The van der Waals surface area contributed by atoms with Crippen LogP contribution in [0.25, 0.3) is 0 Å². The lowest BCUT2D eigenvalue weighted by molar-refractivity contribution is 0.468. The van der Waals surface area contributed by atoms with Crippen LogP contribution in [-0.2, 0) is 17.7 Å². The van der Waals surface area contributed by atoms with Crippen LogP contribution in [0.1, 0.15) is 23.6 Å². The highest BCUT2D eigenvalue weighted by Crippen LogP contribution is 2.36. The molecular weight excluding hydrogens is 243 g/mol. The molecule has 1 aromatic rings. The summed E-state index contributed by atoms with van der Waals surface area (Å²) in [5.74, 6) is -3.33. The quantitative estimate of drug-likeness (QED) is 0.638. The minimum atomic E-state index is -2.60. The fourth-order valence-electron chi connectivity index (χ4n) is 1.94. The summed E-state index contributed by atoms with van der Waals surface area (Å²) >= 11 is -2.60. The molecule has 0 heterocycles. The summed E-state index contributed by atoms with van der Waals surface area (Å²) in [5, 5.41) is 0. The number of halogens is 3. The van der Waals surface area contributed by atoms with Gasteiger partial charge in [0.2, 0.25) is 0 Å². The highest BCUT2D eigenvalue weighted by Gasteiger charge is 2.30. The van der Waals surface area contributed by atoms with Gasteiger partial charge in [-0.15, -0.1) is 0 Å². The molecule has 0 radical (unpaired) electrons. The van der Waals surface area contributed by atoms with Crippen molar-refractivity contribution in [2.24, 2.45) is 0 Å². The van der Waals surface area contributed by atoms with Crippen LogP contribution in [0.2, 0.25) is 0 Å². The van der Waals surface area contributed by atoms with Crippen molar-refractivity contribution in [2.75, 3.05) is 0 Å². The summed E-state index contributed by atoms with van der Waals surface area (Å²) in [5.41, 5.74) is -0.177. The number of nitrogens with one attached hydrogen (secondary N) is 1. The van der Waals surface area contributed by atoms with Gasteiger partial charge in [-0.3, -0.25) is 4.21 Å². The van der Waals surface area contributed by atoms with E-state index in [9.17, 15) is 21.9 Å². The van der Waals surface area contributed by atoms with Gasteiger partial charge in [-0.2, -0.15) is 0 Å². The molecule has 2 rings (SSSR count). The smallest absolute Gasteiger partial charge is 0.164 e. The third kappa shape index (κ3) is 1.85. The zero-order chi connectivity index (χ0) is 11.9. The number of rotatable bonds is 2. The Bertz CT molecular complexity index is 467. The number of hydrogen-bond acceptors (Lipinski definition) is 2. The van der Waals surface area contributed by atoms with Crippen LogP contribution in [0.4, 0.5) is 13.2 Å². The van der Waals surface area contributed by atoms with Crippen molar-refractivity contribution in [1.29, 1.82) is 0 Å². The van der Waals surface area contributed by atoms with Gasteiger partial charge in [-0.25, -0.2) is 17.9 Å². The van der Waals surface area contributed by atoms with E-state index in [0.29, 0.717) is 6.07 Å². The van der Waals surface area contributed by atoms with Crippen LogP contribution in [0.5, 0.6) is 0 Å². The molecular formula is C9H7F3NO2S-. The normalized spacial score (nSPS) is 20.9. The lowest BCUT2D eigenvalue weighted by Gasteiger charge is -2.16. The van der Waals surface area contributed by atoms with E-state index in [1.807, 2.05) is 4.72 Å². The lowest BCUT2D eigenvalue weighted by atomic mass is 10.1. The van der Waals surface area contributed by atoms with Gasteiger partial charge in [0.1, 0.15) is 5.82 Å². The van der Waals surface area contributed by atoms with E-state index in [2.05, 4.69) is 0 Å². The van der Waals surface area contributed by atoms with Crippen molar-refractivity contribution in [1.82, 2.24) is 4.72 Å². The molecule has 1 aliphatic rings. The Balaban J connectivity index is 2.48. The maximum atomic E-state index is 13.4. The SMILES string of the molecule is O=S([O-])NC1CCc2c(F)cc(F)c(F)c21. The van der Waals surface area contributed by atoms with Crippen LogP contribution in [0.3, 0.4) is 0 Å². The van der Waals surface area contributed by atoms with Crippen molar-refractivity contribution in [3.8, 4) is 0 Å². The first-order valence-electron chi connectivity index (χ1n) is 4.52. The topological polar surface area (TPSA) is 52.2 Å². The fraction of sp³-hybridized carbons (Fsp3) is 0.333. The molecule has 0 amide bonds. The summed E-state index contributed by atoms with van der Waals surface area (Å²) in [4.78, 5) is 0. The lowest BCUT2D eigenvalue weighted by Crippen LogP contribution is -2.22. The molecule has 0 saturated carbocycles. The molecule has 0 saturated heterocycles. The third-order valence-electron chi connectivity index (χ3n) is 2.58. The monoisotopic (exact) mass is 250 g/mol. The van der Waals surface area contributed by atoms with Crippen LogP contribution in [0.15, 0.2) is 6.07 Å². The van der Waals surface area contributed by atoms with Crippen LogP contribution >= 0.6 is 0 Å². The van der Waals surface area contributed by atoms with Gasteiger partial charge in [-0.1, -0.05) is 0 Å². The van der Waals surface area contributed by atoms with E-state index in [1.165, 1.54) is 0 Å². The second-order valence-corrected chi connectivity index (χ2v) is 4.20. The second kappa shape index (κ2) is 4.15. The molecule has 1 aliphatic carbocycles. The Morgan fingerprint density at radius 1 is 1.38 bits per heavy atom. The molecule has 1 aromatic carbocycles. The summed E-state index contributed by atoms with van der Waals surface area (Å²) in [6, 6.07) is -0.413. The zero-order valence-corrected chi connectivity index (χ0v) is 8.74. The molecule has 1 N–H and O–H groups in total. The fourth-order valence-corrected chi connectivity index (χ4v) is 2.40. The summed E-state index contributed by atoms with van der Waals surface area (Å²) < 4.78 is 62.5. The first kappa shape index (κ1) is 11.6. The molecule has 88 valence electrons. The maximum absolute atomic E-state index is 13.4. The molecule has 2 atom stereocenters. The molecule has 0 bridgehead atoms. The standard InChI is InChI=1S/C9H8F3NO2S/c10-5-3-6(11)9(12)8-4(5)1-2-7(8)13-16(14)15/h3,7,13H,1-2H2,(H,14,15)/p-1. The van der Waals surface area contributed by atoms with Crippen LogP contribution in [-0.4, -0.2) is 8.76 Å². The van der Waals surface area contributed by atoms with Gasteiger partial charge in [0.15, 0.2) is 11.6 Å². The van der Waals surface area contributed by atoms with Crippen LogP contribution in [0, 0.1) is 17.5 Å². The third-order valence-corrected chi connectivity index (χ3v) is 3.06. The molecule has 2 unspecified atom stereocenters. The number of hydrogen-bond donors (Lipinski definition) is 1. The average Bonchev–Trinajstić information content (AvgIpc) is 2.58. The van der Waals surface area contributed by atoms with Gasteiger partial charge in [0.25, 0.3) is 0 Å². The van der Waals surface area contributed by atoms with Gasteiger partial charge >= 0.3 is 0 Å². The summed E-state index contributed by atoms with van der Waals surface area (Å²) in [7, 11) is 0. The Labute approximate surface area is 92.1 Å². The van der Waals surface area contributed by atoms with E-state index in [4.69, 9.17) is 0 Å². The Morgan fingerprint density at radius 2 is 2.06 bits per heavy atom. The van der Waals surface area contributed by atoms with Gasteiger partial charge in [0, 0.05) is 28.9 Å². The molecule has 3 nitrogen and oxygen atoms in total. The minimum absolute atomic E-state index is 0.0434. The Kier molecular flexibility index (Phi) is 3.00. The number of benzene rings is 1. The van der Waals surface area contributed by atoms with Crippen molar-refractivity contribution in [2.45, 2.75) is 18.9 Å². The predicted octanol–water partition coefficient (Wildman–Crippen LogP) is 1.47. The minimum Gasteiger partial charge on any atom is -0.760 e. The molecule has 0 aliphatic heterocycles. The molecule has 0 aromatic heterocycles. The highest BCUT2D eigenvalue weighted by molar-refractivity contribution is 7.77. The van der Waals surface area contributed by atoms with E-state index >= 15 is 0 Å². The molecule has 0 spiro atoms. The first-order valence-corrected chi connectivity index (χ1v) is 5.60. The largest absolute Gasteiger partial charge is 0.760 e. The summed E-state index contributed by atoms with van der Waals surface area (Å²) in [6.45, 7) is 0. The van der Waals surface area contributed by atoms with E-state index < -0.39 is 34.8 Å². The van der Waals surface area contributed by atoms with Crippen molar-refractivity contribution in [3.63, 3.8) is 0 Å². The maximum Gasteiger partial charge on any atom is 0.164 e. The first-order chi connectivity index (χ1) is 7.50. The van der Waals surface area contributed by atoms with E-state index in [-0.39, 0.29) is 24.0 Å². The zero-order valence-electron chi connectivity index (χ0n) is 7.93. The van der Waals surface area contributed by atoms with E-state index in [0.717, 1.165) is 0 Å². The van der Waals surface area contributed by atoms with Gasteiger partial charge in [-0.05, 0) is 18.4 Å². The Morgan fingerprint density at radius 3 is 2.69 bits per heavy atom. The van der Waals surface area contributed by atoms with Gasteiger partial charge < -0.3 is 4.55 Å². The highest BCUT2D eigenvalue weighted by atomic mass is 32.2.